The van der Waals surface area contributed by atoms with Gasteiger partial charge in [-0.05, 0) is 43.2 Å². The van der Waals surface area contributed by atoms with E-state index in [9.17, 15) is 0 Å². The van der Waals surface area contributed by atoms with Crippen LogP contribution in [0.3, 0.4) is 0 Å². The molecular weight excluding hydrogens is 326 g/mol. The Hall–Kier alpha value is -1.75. The summed E-state index contributed by atoms with van der Waals surface area (Å²) in [5.41, 5.74) is 2.16. The SMILES string of the molecule is COc1cc(C(C)NC(C)c2ccccc2Cl)ccc1OCCO. The Morgan fingerprint density at radius 3 is 2.50 bits per heavy atom. The molecule has 0 spiro atoms. The number of methoxy groups -OCH3 is 1. The van der Waals surface area contributed by atoms with Gasteiger partial charge in [0.25, 0.3) is 0 Å². The smallest absolute Gasteiger partial charge is 0.161 e. The van der Waals surface area contributed by atoms with Gasteiger partial charge in [0.05, 0.1) is 13.7 Å². The Labute approximate surface area is 148 Å². The molecule has 5 heteroatoms. The van der Waals surface area contributed by atoms with E-state index >= 15 is 0 Å². The molecule has 2 N–H and O–H groups in total. The fourth-order valence-corrected chi connectivity index (χ4v) is 2.92. The molecule has 2 aromatic rings. The molecule has 2 atom stereocenters. The van der Waals surface area contributed by atoms with Crippen LogP contribution < -0.4 is 14.8 Å². The number of rotatable bonds is 8. The molecule has 2 unspecified atom stereocenters. The van der Waals surface area contributed by atoms with Crippen molar-refractivity contribution in [1.29, 1.82) is 0 Å². The molecule has 4 nitrogen and oxygen atoms in total. The second-order valence-electron chi connectivity index (χ2n) is 5.61. The van der Waals surface area contributed by atoms with Crippen LogP contribution in [0.15, 0.2) is 42.5 Å². The first-order valence-electron chi connectivity index (χ1n) is 7.99. The van der Waals surface area contributed by atoms with Crippen molar-refractivity contribution >= 4 is 11.6 Å². The molecule has 0 amide bonds. The van der Waals surface area contributed by atoms with E-state index < -0.39 is 0 Å². The number of hydrogen-bond donors (Lipinski definition) is 2. The van der Waals surface area contributed by atoms with Gasteiger partial charge in [0, 0.05) is 17.1 Å². The quantitative estimate of drug-likeness (QED) is 0.752. The van der Waals surface area contributed by atoms with Gasteiger partial charge < -0.3 is 19.9 Å². The lowest BCUT2D eigenvalue weighted by molar-refractivity contribution is 0.196. The van der Waals surface area contributed by atoms with E-state index in [1.54, 1.807) is 7.11 Å². The minimum Gasteiger partial charge on any atom is -0.493 e. The minimum absolute atomic E-state index is 0.0295. The first-order chi connectivity index (χ1) is 11.6. The molecule has 0 heterocycles. The van der Waals surface area contributed by atoms with E-state index in [-0.39, 0.29) is 25.3 Å². The molecule has 0 bridgehead atoms. The second kappa shape index (κ2) is 8.92. The minimum atomic E-state index is -0.0295. The molecule has 0 saturated carbocycles. The van der Waals surface area contributed by atoms with Crippen molar-refractivity contribution in [2.75, 3.05) is 20.3 Å². The van der Waals surface area contributed by atoms with Gasteiger partial charge in [-0.25, -0.2) is 0 Å². The molecule has 24 heavy (non-hydrogen) atoms. The lowest BCUT2D eigenvalue weighted by atomic mass is 10.0. The summed E-state index contributed by atoms with van der Waals surface area (Å²) in [5, 5.41) is 13.2. The molecule has 0 aliphatic rings. The first-order valence-corrected chi connectivity index (χ1v) is 8.36. The van der Waals surface area contributed by atoms with E-state index in [0.29, 0.717) is 11.5 Å². The number of aliphatic hydroxyl groups is 1. The average molecular weight is 350 g/mol. The largest absolute Gasteiger partial charge is 0.493 e. The Morgan fingerprint density at radius 2 is 1.83 bits per heavy atom. The Morgan fingerprint density at radius 1 is 1.08 bits per heavy atom. The first kappa shape index (κ1) is 18.6. The Kier molecular flexibility index (Phi) is 6.91. The average Bonchev–Trinajstić information content (AvgIpc) is 2.59. The molecule has 0 fully saturated rings. The van der Waals surface area contributed by atoms with Crippen molar-refractivity contribution in [1.82, 2.24) is 5.32 Å². The Bertz CT molecular complexity index is 663. The van der Waals surface area contributed by atoms with E-state index in [2.05, 4.69) is 19.2 Å². The van der Waals surface area contributed by atoms with Crippen LogP contribution in [0.2, 0.25) is 5.02 Å². The highest BCUT2D eigenvalue weighted by Gasteiger charge is 2.15. The van der Waals surface area contributed by atoms with Crippen molar-refractivity contribution in [3.8, 4) is 11.5 Å². The van der Waals surface area contributed by atoms with Gasteiger partial charge in [-0.15, -0.1) is 0 Å². The Balaban J connectivity index is 2.11. The zero-order valence-electron chi connectivity index (χ0n) is 14.3. The van der Waals surface area contributed by atoms with Crippen molar-refractivity contribution in [2.45, 2.75) is 25.9 Å². The van der Waals surface area contributed by atoms with Crippen LogP contribution in [0.5, 0.6) is 11.5 Å². The molecule has 0 aliphatic heterocycles. The van der Waals surface area contributed by atoms with Crippen LogP contribution in [-0.2, 0) is 0 Å². The monoisotopic (exact) mass is 349 g/mol. The predicted molar refractivity (Wildman–Crippen MR) is 97.0 cm³/mol. The zero-order valence-corrected chi connectivity index (χ0v) is 15.0. The van der Waals surface area contributed by atoms with Crippen molar-refractivity contribution in [3.63, 3.8) is 0 Å². The number of nitrogens with one attached hydrogen (secondary N) is 1. The van der Waals surface area contributed by atoms with Gasteiger partial charge in [0.2, 0.25) is 0 Å². The molecule has 2 aromatic carbocycles. The topological polar surface area (TPSA) is 50.7 Å². The van der Waals surface area contributed by atoms with Gasteiger partial charge in [-0.1, -0.05) is 35.9 Å². The molecule has 0 aromatic heterocycles. The number of hydrogen-bond acceptors (Lipinski definition) is 4. The lowest BCUT2D eigenvalue weighted by Crippen LogP contribution is -2.22. The second-order valence-corrected chi connectivity index (χ2v) is 6.02. The predicted octanol–water partition coefficient (Wildman–Crippen LogP) is 4.13. The summed E-state index contributed by atoms with van der Waals surface area (Å²) in [6, 6.07) is 13.9. The summed E-state index contributed by atoms with van der Waals surface area (Å²) in [7, 11) is 1.61. The fraction of sp³-hybridized carbons (Fsp3) is 0.368. The van der Waals surface area contributed by atoms with Crippen LogP contribution in [0.25, 0.3) is 0 Å². The number of halogens is 1. The van der Waals surface area contributed by atoms with Gasteiger partial charge in [0.15, 0.2) is 11.5 Å². The third-order valence-corrected chi connectivity index (χ3v) is 4.25. The fourth-order valence-electron chi connectivity index (χ4n) is 2.62. The molecule has 2 rings (SSSR count). The summed E-state index contributed by atoms with van der Waals surface area (Å²) in [6.45, 7) is 4.40. The van der Waals surface area contributed by atoms with E-state index in [4.69, 9.17) is 26.2 Å². The normalized spacial score (nSPS) is 13.4. The maximum Gasteiger partial charge on any atom is 0.161 e. The van der Waals surface area contributed by atoms with E-state index in [0.717, 1.165) is 16.1 Å². The highest BCUT2D eigenvalue weighted by Crippen LogP contribution is 2.31. The van der Waals surface area contributed by atoms with Crippen molar-refractivity contribution < 1.29 is 14.6 Å². The summed E-state index contributed by atoms with van der Waals surface area (Å²) in [6.07, 6.45) is 0. The van der Waals surface area contributed by atoms with Crippen molar-refractivity contribution in [2.24, 2.45) is 0 Å². The highest BCUT2D eigenvalue weighted by molar-refractivity contribution is 6.31. The van der Waals surface area contributed by atoms with E-state index in [1.165, 1.54) is 0 Å². The van der Waals surface area contributed by atoms with Crippen LogP contribution in [0.4, 0.5) is 0 Å². The molecule has 0 radical (unpaired) electrons. The maximum absolute atomic E-state index is 8.88. The summed E-state index contributed by atoms with van der Waals surface area (Å²) < 4.78 is 10.9. The van der Waals surface area contributed by atoms with Crippen LogP contribution in [-0.4, -0.2) is 25.4 Å². The standard InChI is InChI=1S/C19H24ClNO3/c1-13(21-14(2)16-6-4-5-7-17(16)20)15-8-9-18(24-11-10-22)19(12-15)23-3/h4-9,12-14,21-22H,10-11H2,1-3H3. The number of ether oxygens (including phenoxy) is 2. The summed E-state index contributed by atoms with van der Waals surface area (Å²) in [5.74, 6) is 1.28. The molecule has 0 saturated heterocycles. The molecular formula is C19H24ClNO3. The third-order valence-electron chi connectivity index (χ3n) is 3.91. The lowest BCUT2D eigenvalue weighted by Gasteiger charge is -2.22. The van der Waals surface area contributed by atoms with Crippen LogP contribution >= 0.6 is 11.6 Å². The summed E-state index contributed by atoms with van der Waals surface area (Å²) >= 11 is 6.27. The van der Waals surface area contributed by atoms with Gasteiger partial charge in [0.1, 0.15) is 6.61 Å². The van der Waals surface area contributed by atoms with Gasteiger partial charge in [-0.2, -0.15) is 0 Å². The molecule has 0 aliphatic carbocycles. The maximum atomic E-state index is 8.88. The van der Waals surface area contributed by atoms with Crippen molar-refractivity contribution in [3.05, 3.63) is 58.6 Å². The zero-order chi connectivity index (χ0) is 17.5. The van der Waals surface area contributed by atoms with Gasteiger partial charge in [-0.3, -0.25) is 0 Å². The highest BCUT2D eigenvalue weighted by atomic mass is 35.5. The molecule has 130 valence electrons. The van der Waals surface area contributed by atoms with E-state index in [1.807, 2.05) is 42.5 Å². The number of aliphatic hydroxyl groups excluding tert-OH is 1. The van der Waals surface area contributed by atoms with Crippen LogP contribution in [0.1, 0.15) is 37.1 Å². The van der Waals surface area contributed by atoms with Gasteiger partial charge >= 0.3 is 0 Å². The van der Waals surface area contributed by atoms with Crippen LogP contribution in [0, 0.1) is 0 Å². The number of benzene rings is 2. The summed E-state index contributed by atoms with van der Waals surface area (Å²) in [4.78, 5) is 0. The third kappa shape index (κ3) is 4.63.